The molecule has 1 aromatic rings. The van der Waals surface area contributed by atoms with Crippen LogP contribution in [0.3, 0.4) is 0 Å². The lowest BCUT2D eigenvalue weighted by molar-refractivity contribution is -0.138. The first-order valence-electron chi connectivity index (χ1n) is 4.39. The van der Waals surface area contributed by atoms with Crippen molar-refractivity contribution in [3.8, 4) is 11.5 Å². The topological polar surface area (TPSA) is 92.8 Å². The molecule has 1 atom stereocenters. The predicted molar refractivity (Wildman–Crippen MR) is 54.0 cm³/mol. The van der Waals surface area contributed by atoms with Crippen LogP contribution in [0, 0.1) is 0 Å². The molecular weight excluding hydrogens is 198 g/mol. The molecule has 0 radical (unpaired) electrons. The molecular formula is C10H13NO4. The first-order chi connectivity index (χ1) is 7.04. The van der Waals surface area contributed by atoms with Crippen LogP contribution in [0.2, 0.25) is 0 Å². The Labute approximate surface area is 87.1 Å². The average Bonchev–Trinajstić information content (AvgIpc) is 2.20. The first kappa shape index (κ1) is 11.3. The molecule has 15 heavy (non-hydrogen) atoms. The molecule has 0 saturated carbocycles. The van der Waals surface area contributed by atoms with Crippen LogP contribution >= 0.6 is 0 Å². The average molecular weight is 211 g/mol. The van der Waals surface area contributed by atoms with Crippen molar-refractivity contribution in [3.63, 3.8) is 0 Å². The number of phenols is 1. The van der Waals surface area contributed by atoms with Gasteiger partial charge in [-0.25, -0.2) is 0 Å². The zero-order valence-corrected chi connectivity index (χ0v) is 8.30. The molecule has 5 nitrogen and oxygen atoms in total. The van der Waals surface area contributed by atoms with Crippen LogP contribution in [0.1, 0.15) is 5.56 Å². The molecule has 0 aliphatic rings. The van der Waals surface area contributed by atoms with Crippen molar-refractivity contribution in [3.05, 3.63) is 23.8 Å². The van der Waals surface area contributed by atoms with E-state index in [1.165, 1.54) is 13.2 Å². The molecule has 0 heterocycles. The Kier molecular flexibility index (Phi) is 3.51. The molecule has 0 aromatic heterocycles. The molecule has 0 aliphatic carbocycles. The minimum absolute atomic E-state index is 0.00829. The highest BCUT2D eigenvalue weighted by atomic mass is 16.5. The number of rotatable bonds is 4. The third-order valence-corrected chi connectivity index (χ3v) is 2.05. The van der Waals surface area contributed by atoms with E-state index in [1.807, 2.05) is 0 Å². The van der Waals surface area contributed by atoms with Gasteiger partial charge in [-0.15, -0.1) is 0 Å². The normalized spacial score (nSPS) is 12.1. The highest BCUT2D eigenvalue weighted by Crippen LogP contribution is 2.24. The molecule has 5 heteroatoms. The molecule has 0 aliphatic heterocycles. The van der Waals surface area contributed by atoms with Gasteiger partial charge in [0.15, 0.2) is 0 Å². The molecule has 0 bridgehead atoms. The van der Waals surface area contributed by atoms with Gasteiger partial charge in [0.1, 0.15) is 17.5 Å². The van der Waals surface area contributed by atoms with Gasteiger partial charge in [-0.1, -0.05) is 6.07 Å². The summed E-state index contributed by atoms with van der Waals surface area (Å²) in [7, 11) is 1.48. The number of aromatic hydroxyl groups is 1. The largest absolute Gasteiger partial charge is 0.508 e. The highest BCUT2D eigenvalue weighted by molar-refractivity contribution is 5.73. The third kappa shape index (κ3) is 2.85. The Balaban J connectivity index is 2.82. The summed E-state index contributed by atoms with van der Waals surface area (Å²) in [4.78, 5) is 10.5. The number of hydrogen-bond donors (Lipinski definition) is 3. The number of ether oxygens (including phenoxy) is 1. The molecule has 0 unspecified atom stereocenters. The molecule has 1 aromatic carbocycles. The second-order valence-corrected chi connectivity index (χ2v) is 3.14. The van der Waals surface area contributed by atoms with Crippen LogP contribution in [0.15, 0.2) is 18.2 Å². The minimum Gasteiger partial charge on any atom is -0.508 e. The van der Waals surface area contributed by atoms with E-state index in [-0.39, 0.29) is 12.2 Å². The van der Waals surface area contributed by atoms with Gasteiger partial charge in [0.25, 0.3) is 0 Å². The fourth-order valence-corrected chi connectivity index (χ4v) is 1.17. The summed E-state index contributed by atoms with van der Waals surface area (Å²) in [6.45, 7) is 0. The number of phenolic OH excluding ortho intramolecular Hbond substituents is 1. The van der Waals surface area contributed by atoms with E-state index in [0.29, 0.717) is 11.3 Å². The van der Waals surface area contributed by atoms with Gasteiger partial charge in [-0.05, 0) is 11.6 Å². The Morgan fingerprint density at radius 1 is 1.60 bits per heavy atom. The SMILES string of the molecule is COc1ccc(C[C@@H](N)C(=O)O)c(O)c1. The molecule has 0 fully saturated rings. The van der Waals surface area contributed by atoms with Crippen molar-refractivity contribution < 1.29 is 19.7 Å². The Hall–Kier alpha value is -1.75. The van der Waals surface area contributed by atoms with Gasteiger partial charge in [-0.3, -0.25) is 4.79 Å². The van der Waals surface area contributed by atoms with Crippen molar-refractivity contribution in [2.24, 2.45) is 5.73 Å². The minimum atomic E-state index is -1.09. The first-order valence-corrected chi connectivity index (χ1v) is 4.39. The Bertz CT molecular complexity index is 364. The Morgan fingerprint density at radius 3 is 2.73 bits per heavy atom. The lowest BCUT2D eigenvalue weighted by atomic mass is 10.1. The van der Waals surface area contributed by atoms with Gasteiger partial charge in [0.2, 0.25) is 0 Å². The molecule has 4 N–H and O–H groups in total. The third-order valence-electron chi connectivity index (χ3n) is 2.05. The van der Waals surface area contributed by atoms with Crippen LogP contribution in [0.4, 0.5) is 0 Å². The van der Waals surface area contributed by atoms with E-state index >= 15 is 0 Å². The quantitative estimate of drug-likeness (QED) is 0.668. The maximum atomic E-state index is 10.5. The lowest BCUT2D eigenvalue weighted by Gasteiger charge is -2.09. The second kappa shape index (κ2) is 4.65. The van der Waals surface area contributed by atoms with E-state index in [0.717, 1.165) is 0 Å². The van der Waals surface area contributed by atoms with Crippen molar-refractivity contribution in [1.82, 2.24) is 0 Å². The lowest BCUT2D eigenvalue weighted by Crippen LogP contribution is -2.32. The number of benzene rings is 1. The van der Waals surface area contributed by atoms with Gasteiger partial charge < -0.3 is 20.7 Å². The summed E-state index contributed by atoms with van der Waals surface area (Å²) >= 11 is 0. The summed E-state index contributed by atoms with van der Waals surface area (Å²) in [5, 5.41) is 18.1. The molecule has 0 spiro atoms. The molecule has 1 rings (SSSR count). The number of carboxylic acid groups (broad SMARTS) is 1. The summed E-state index contributed by atoms with van der Waals surface area (Å²) in [6, 6.07) is 3.65. The van der Waals surface area contributed by atoms with Gasteiger partial charge in [0, 0.05) is 12.5 Å². The zero-order valence-electron chi connectivity index (χ0n) is 8.30. The molecule has 82 valence electrons. The summed E-state index contributed by atoms with van der Waals surface area (Å²) in [6.07, 6.45) is 0.0885. The summed E-state index contributed by atoms with van der Waals surface area (Å²) < 4.78 is 4.89. The maximum absolute atomic E-state index is 10.5. The van der Waals surface area contributed by atoms with Crippen LogP contribution in [-0.2, 0) is 11.2 Å². The Morgan fingerprint density at radius 2 is 2.27 bits per heavy atom. The standard InChI is InChI=1S/C10H13NO4/c1-15-7-3-2-6(9(12)5-7)4-8(11)10(13)14/h2-3,5,8,12H,4,11H2,1H3,(H,13,14)/t8-/m1/s1. The monoisotopic (exact) mass is 211 g/mol. The van der Waals surface area contributed by atoms with Gasteiger partial charge in [0.05, 0.1) is 7.11 Å². The number of carboxylic acids is 1. The van der Waals surface area contributed by atoms with Crippen molar-refractivity contribution >= 4 is 5.97 Å². The number of hydrogen-bond acceptors (Lipinski definition) is 4. The van der Waals surface area contributed by atoms with E-state index in [9.17, 15) is 9.90 Å². The maximum Gasteiger partial charge on any atom is 0.320 e. The highest BCUT2D eigenvalue weighted by Gasteiger charge is 2.14. The van der Waals surface area contributed by atoms with Crippen molar-refractivity contribution in [1.29, 1.82) is 0 Å². The molecule has 0 saturated heterocycles. The van der Waals surface area contributed by atoms with Crippen LogP contribution in [-0.4, -0.2) is 29.3 Å². The zero-order chi connectivity index (χ0) is 11.4. The number of nitrogens with two attached hydrogens (primary N) is 1. The molecule has 0 amide bonds. The van der Waals surface area contributed by atoms with Gasteiger partial charge >= 0.3 is 5.97 Å². The number of carbonyl (C=O) groups is 1. The van der Waals surface area contributed by atoms with Crippen molar-refractivity contribution in [2.45, 2.75) is 12.5 Å². The fourth-order valence-electron chi connectivity index (χ4n) is 1.17. The smallest absolute Gasteiger partial charge is 0.320 e. The van der Waals surface area contributed by atoms with E-state index < -0.39 is 12.0 Å². The number of methoxy groups -OCH3 is 1. The second-order valence-electron chi connectivity index (χ2n) is 3.14. The number of aliphatic carboxylic acids is 1. The van der Waals surface area contributed by atoms with E-state index in [2.05, 4.69) is 0 Å². The van der Waals surface area contributed by atoms with Crippen LogP contribution in [0.5, 0.6) is 11.5 Å². The van der Waals surface area contributed by atoms with Crippen LogP contribution in [0.25, 0.3) is 0 Å². The van der Waals surface area contributed by atoms with Gasteiger partial charge in [-0.2, -0.15) is 0 Å². The van der Waals surface area contributed by atoms with Crippen LogP contribution < -0.4 is 10.5 Å². The fraction of sp³-hybridized carbons (Fsp3) is 0.300. The predicted octanol–water partition coefficient (Wildman–Crippen LogP) is 0.355. The van der Waals surface area contributed by atoms with Crippen molar-refractivity contribution in [2.75, 3.05) is 7.11 Å². The van der Waals surface area contributed by atoms with E-state index in [4.69, 9.17) is 15.6 Å². The van der Waals surface area contributed by atoms with E-state index in [1.54, 1.807) is 12.1 Å². The summed E-state index contributed by atoms with van der Waals surface area (Å²) in [5.74, 6) is -0.587. The summed E-state index contributed by atoms with van der Waals surface area (Å²) in [5.41, 5.74) is 5.84.